The Balaban J connectivity index is 2.52. The minimum Gasteiger partial charge on any atom is -0.0610 e. The Morgan fingerprint density at radius 2 is 1.86 bits per heavy atom. The molecule has 0 bridgehead atoms. The number of hydrogen-bond donors (Lipinski definition) is 0. The van der Waals surface area contributed by atoms with Crippen LogP contribution in [0.3, 0.4) is 0 Å². The molecule has 0 saturated carbocycles. The van der Waals surface area contributed by atoms with Crippen LogP contribution in [0.2, 0.25) is 0 Å². The topological polar surface area (TPSA) is 0 Å². The molecule has 0 spiro atoms. The van der Waals surface area contributed by atoms with E-state index in [1.807, 2.05) is 24.3 Å². The third-order valence-corrected chi connectivity index (χ3v) is 2.38. The Kier molecular flexibility index (Phi) is 1.54. The lowest BCUT2D eigenvalue weighted by Gasteiger charge is -2.00. The summed E-state index contributed by atoms with van der Waals surface area (Å²) in [6.07, 6.45) is 0. The highest BCUT2D eigenvalue weighted by molar-refractivity contribution is 5.97. The van der Waals surface area contributed by atoms with E-state index in [4.69, 9.17) is 0 Å². The van der Waals surface area contributed by atoms with E-state index in [2.05, 4.69) is 36.4 Å². The summed E-state index contributed by atoms with van der Waals surface area (Å²) in [4.78, 5) is 0. The van der Waals surface area contributed by atoms with E-state index in [1.54, 1.807) is 0 Å². The molecule has 0 aliphatic heterocycles. The largest absolute Gasteiger partial charge is 0.0610 e. The molecule has 3 radical (unpaired) electrons. The van der Waals surface area contributed by atoms with Crippen molar-refractivity contribution in [2.45, 2.75) is 0 Å². The fourth-order valence-corrected chi connectivity index (χ4v) is 1.68. The molecule has 0 amide bonds. The van der Waals surface area contributed by atoms with Crippen molar-refractivity contribution in [2.75, 3.05) is 0 Å². The van der Waals surface area contributed by atoms with Crippen LogP contribution in [0.25, 0.3) is 21.5 Å². The maximum absolute atomic E-state index is 3.21. The van der Waals surface area contributed by atoms with Crippen molar-refractivity contribution in [1.29, 1.82) is 0 Å². The van der Waals surface area contributed by atoms with Gasteiger partial charge in [-0.25, -0.2) is 0 Å². The Hall–Kier alpha value is -1.82. The minimum absolute atomic E-state index is 1.12. The first-order valence-corrected chi connectivity index (χ1v) is 4.55. The van der Waals surface area contributed by atoms with E-state index in [0.29, 0.717) is 0 Å². The molecular weight excluding hydrogens is 168 g/mol. The number of rotatable bonds is 0. The zero-order chi connectivity index (χ0) is 9.38. The second kappa shape index (κ2) is 2.85. The quantitative estimate of drug-likeness (QED) is 0.459. The van der Waals surface area contributed by atoms with Crippen LogP contribution in [0, 0.1) is 18.2 Å². The van der Waals surface area contributed by atoms with Crippen LogP contribution in [0.5, 0.6) is 0 Å². The fraction of sp³-hybridized carbons (Fsp3) is 0. The van der Waals surface area contributed by atoms with Gasteiger partial charge in [-0.15, -0.1) is 0 Å². The van der Waals surface area contributed by atoms with Gasteiger partial charge in [0.05, 0.1) is 0 Å². The standard InChI is InChI=1S/C14H7/c1-2-6-12-10-14-8-4-3-7-13(14)9-11(12)5-1/h1-3,6,8-10H. The van der Waals surface area contributed by atoms with Crippen molar-refractivity contribution in [2.24, 2.45) is 0 Å². The van der Waals surface area contributed by atoms with Crippen LogP contribution in [-0.4, -0.2) is 0 Å². The van der Waals surface area contributed by atoms with Crippen LogP contribution in [0.15, 0.2) is 42.5 Å². The molecule has 0 heteroatoms. The van der Waals surface area contributed by atoms with Crippen LogP contribution in [0.1, 0.15) is 0 Å². The zero-order valence-electron chi connectivity index (χ0n) is 7.54. The van der Waals surface area contributed by atoms with Crippen LogP contribution < -0.4 is 0 Å². The number of benzene rings is 3. The smallest absolute Gasteiger partial charge is 0.00926 e. The van der Waals surface area contributed by atoms with E-state index in [-0.39, 0.29) is 0 Å². The minimum atomic E-state index is 1.12. The zero-order valence-corrected chi connectivity index (χ0v) is 7.54. The third-order valence-electron chi connectivity index (χ3n) is 2.38. The molecule has 0 nitrogen and oxygen atoms in total. The van der Waals surface area contributed by atoms with Crippen molar-refractivity contribution in [3.05, 3.63) is 60.7 Å². The molecule has 0 aliphatic rings. The first-order valence-electron chi connectivity index (χ1n) is 4.55. The average molecular weight is 175 g/mol. The predicted molar refractivity (Wildman–Crippen MR) is 58.0 cm³/mol. The number of fused-ring (bicyclic) bond motifs is 2. The van der Waals surface area contributed by atoms with Gasteiger partial charge < -0.3 is 0 Å². The van der Waals surface area contributed by atoms with Gasteiger partial charge in [-0.05, 0) is 64.0 Å². The summed E-state index contributed by atoms with van der Waals surface area (Å²) in [7, 11) is 0. The van der Waals surface area contributed by atoms with Gasteiger partial charge in [-0.2, -0.15) is 0 Å². The van der Waals surface area contributed by atoms with Gasteiger partial charge in [0.25, 0.3) is 0 Å². The predicted octanol–water partition coefficient (Wildman–Crippen LogP) is 3.39. The summed E-state index contributed by atoms with van der Waals surface area (Å²) in [6.45, 7) is 0. The maximum atomic E-state index is 3.21. The van der Waals surface area contributed by atoms with Crippen molar-refractivity contribution in [3.63, 3.8) is 0 Å². The Morgan fingerprint density at radius 3 is 2.86 bits per heavy atom. The summed E-state index contributed by atoms with van der Waals surface area (Å²) in [5, 5.41) is 4.66. The summed E-state index contributed by atoms with van der Waals surface area (Å²) < 4.78 is 0. The van der Waals surface area contributed by atoms with Gasteiger partial charge in [0.2, 0.25) is 0 Å². The van der Waals surface area contributed by atoms with Gasteiger partial charge in [0.15, 0.2) is 0 Å². The van der Waals surface area contributed by atoms with Gasteiger partial charge in [-0.3, -0.25) is 0 Å². The molecule has 3 rings (SSSR count). The van der Waals surface area contributed by atoms with Gasteiger partial charge in [0, 0.05) is 0 Å². The molecule has 0 aliphatic carbocycles. The molecule has 3 aromatic rings. The molecule has 0 atom stereocenters. The lowest BCUT2D eigenvalue weighted by atomic mass is 10.0. The Bertz CT molecular complexity index is 489. The molecule has 0 aromatic heterocycles. The van der Waals surface area contributed by atoms with E-state index < -0.39 is 0 Å². The maximum Gasteiger partial charge on any atom is -0.00926 e. The molecule has 0 N–H and O–H groups in total. The van der Waals surface area contributed by atoms with Crippen LogP contribution in [-0.2, 0) is 0 Å². The normalized spacial score (nSPS) is 10.9. The van der Waals surface area contributed by atoms with E-state index >= 15 is 0 Å². The van der Waals surface area contributed by atoms with Gasteiger partial charge >= 0.3 is 0 Å². The summed E-state index contributed by atoms with van der Waals surface area (Å²) >= 11 is 0. The summed E-state index contributed by atoms with van der Waals surface area (Å²) in [5.74, 6) is 0. The molecule has 0 fully saturated rings. The molecule has 0 unspecified atom stereocenters. The van der Waals surface area contributed by atoms with Gasteiger partial charge in [0.1, 0.15) is 0 Å². The Labute approximate surface area is 82.8 Å². The molecular formula is C14H7. The van der Waals surface area contributed by atoms with E-state index in [1.165, 1.54) is 10.8 Å². The lowest BCUT2D eigenvalue weighted by Crippen LogP contribution is -1.75. The molecule has 14 heavy (non-hydrogen) atoms. The highest BCUT2D eigenvalue weighted by Crippen LogP contribution is 2.21. The summed E-state index contributed by atoms with van der Waals surface area (Å²) in [6, 6.07) is 23.5. The third kappa shape index (κ3) is 1.08. The highest BCUT2D eigenvalue weighted by atomic mass is 14.0. The van der Waals surface area contributed by atoms with Crippen LogP contribution >= 0.6 is 0 Å². The fourth-order valence-electron chi connectivity index (χ4n) is 1.68. The second-order valence-electron chi connectivity index (χ2n) is 3.30. The van der Waals surface area contributed by atoms with E-state index in [0.717, 1.165) is 10.8 Å². The van der Waals surface area contributed by atoms with Crippen molar-refractivity contribution in [3.8, 4) is 0 Å². The average Bonchev–Trinajstić information content (AvgIpc) is 2.26. The van der Waals surface area contributed by atoms with Crippen molar-refractivity contribution >= 4 is 21.5 Å². The number of hydrogen-bond acceptors (Lipinski definition) is 0. The first-order chi connectivity index (χ1) is 6.93. The SMILES string of the molecule is [c]1c[c]c2cc3[c]cccc3cc2c1. The monoisotopic (exact) mass is 175 g/mol. The summed E-state index contributed by atoms with van der Waals surface area (Å²) in [5.41, 5.74) is 0. The Morgan fingerprint density at radius 1 is 0.929 bits per heavy atom. The van der Waals surface area contributed by atoms with Gasteiger partial charge in [-0.1, -0.05) is 18.2 Å². The molecule has 0 saturated heterocycles. The highest BCUT2D eigenvalue weighted by Gasteiger charge is 1.96. The molecule has 0 heterocycles. The molecule has 63 valence electrons. The second-order valence-corrected chi connectivity index (χ2v) is 3.30. The van der Waals surface area contributed by atoms with Crippen molar-refractivity contribution in [1.82, 2.24) is 0 Å². The first kappa shape index (κ1) is 7.57. The molecule has 3 aromatic carbocycles. The van der Waals surface area contributed by atoms with Crippen molar-refractivity contribution < 1.29 is 0 Å². The van der Waals surface area contributed by atoms with E-state index in [9.17, 15) is 0 Å². The van der Waals surface area contributed by atoms with Crippen LogP contribution in [0.4, 0.5) is 0 Å². The lowest BCUT2D eigenvalue weighted by molar-refractivity contribution is 1.74.